The molecule has 1 aromatic rings. The molecular weight excluding hydrogens is 1100 g/mol. The van der Waals surface area contributed by atoms with Crippen LogP contribution < -0.4 is 16.0 Å². The monoisotopic (exact) mass is 1200 g/mol. The van der Waals surface area contributed by atoms with Gasteiger partial charge in [-0.05, 0) is 90.0 Å². The van der Waals surface area contributed by atoms with Crippen LogP contribution in [0.5, 0.6) is 0 Å². The summed E-state index contributed by atoms with van der Waals surface area (Å²) in [5, 5.41) is 19.1. The molecule has 0 saturated carbocycles. The van der Waals surface area contributed by atoms with Gasteiger partial charge in [0.05, 0.1) is 30.6 Å². The molecule has 24 nitrogen and oxygen atoms in total. The molecule has 2 unspecified atom stereocenters. The molecule has 25 heteroatoms. The number of sulfone groups is 1. The zero-order valence-electron chi connectivity index (χ0n) is 52.8. The summed E-state index contributed by atoms with van der Waals surface area (Å²) in [5.74, 6) is -11.5. The van der Waals surface area contributed by atoms with Crippen molar-refractivity contribution in [3.05, 3.63) is 35.9 Å². The van der Waals surface area contributed by atoms with E-state index in [9.17, 15) is 61.5 Å². The number of hydrogen-bond donors (Lipinski definition) is 4. The number of hydrogen-bond acceptors (Lipinski definition) is 14. The molecule has 4 N–H and O–H groups in total. The molecule has 3 rings (SSSR count). The predicted molar refractivity (Wildman–Crippen MR) is 317 cm³/mol. The maximum absolute atomic E-state index is 15.0. The summed E-state index contributed by atoms with van der Waals surface area (Å²) >= 11 is 0. The normalized spacial score (nSPS) is 26.3. The van der Waals surface area contributed by atoms with Crippen LogP contribution in [0.1, 0.15) is 120 Å². The van der Waals surface area contributed by atoms with Crippen molar-refractivity contribution in [1.82, 2.24) is 50.2 Å². The van der Waals surface area contributed by atoms with Gasteiger partial charge in [-0.1, -0.05) is 78.3 Å². The van der Waals surface area contributed by atoms with E-state index in [1.807, 2.05) is 27.7 Å². The van der Waals surface area contributed by atoms with Crippen molar-refractivity contribution < 1.29 is 66.2 Å². The van der Waals surface area contributed by atoms with E-state index in [0.717, 1.165) is 35.8 Å². The topological polar surface area (TPSA) is 293 Å². The zero-order chi connectivity index (χ0) is 63.9. The molecular formula is C59H98N10O14S. The minimum absolute atomic E-state index is 0.0444. The summed E-state index contributed by atoms with van der Waals surface area (Å²) in [4.78, 5) is 154. The van der Waals surface area contributed by atoms with E-state index in [1.54, 1.807) is 65.0 Å². The Kier molecular flexibility index (Phi) is 27.3. The van der Waals surface area contributed by atoms with Crippen molar-refractivity contribution in [3.63, 3.8) is 0 Å². The van der Waals surface area contributed by atoms with Crippen LogP contribution in [0.2, 0.25) is 0 Å². The standard InChI is InChI=1S/C59H98N10O14S/c1-18-38(6)50-53(75)61-43(56(78)69-27-23-20-24-28-69)34-84(81,82)35-48(72)64(13)39(7)54(76)67(16)46(31-41-25-21-19-22-26-41)57(79)66(15)45(30-37(4)5)52(74)62-49(40(8)70)58(80)63(12)32-47(71)65(14)44(29-36(2)3)51(73)60-42(55(77)68(50)17)33-83-59(9,10)11/h19,21-22,25-26,36-40,42-46,49-50,70H,18,20,23-24,27-35H2,1-17H3,(H,60,73)(H,61,75)(H,62,74)/t38?,39-,40?,42-,43-,44-,45-,46-,49-,50-/m0/s1. The first-order valence-electron chi connectivity index (χ1n) is 29.3. The second-order valence-electron chi connectivity index (χ2n) is 24.8. The van der Waals surface area contributed by atoms with Gasteiger partial charge in [0, 0.05) is 61.8 Å². The van der Waals surface area contributed by atoms with Gasteiger partial charge in [0.15, 0.2) is 9.84 Å². The average molecular weight is 1200 g/mol. The predicted octanol–water partition coefficient (Wildman–Crippen LogP) is 1.07. The van der Waals surface area contributed by atoms with Crippen molar-refractivity contribution in [1.29, 1.82) is 0 Å². The number of nitrogens with one attached hydrogen (secondary N) is 3. The highest BCUT2D eigenvalue weighted by Gasteiger charge is 2.43. The number of carbonyl (C=O) groups is 10. The first kappa shape index (κ1) is 72.1. The van der Waals surface area contributed by atoms with Crippen LogP contribution in [-0.2, 0) is 68.9 Å². The molecule has 1 aromatic carbocycles. The Morgan fingerprint density at radius 2 is 1.20 bits per heavy atom. The largest absolute Gasteiger partial charge is 0.391 e. The molecule has 84 heavy (non-hydrogen) atoms. The van der Waals surface area contributed by atoms with Crippen LogP contribution in [0.15, 0.2) is 30.3 Å². The van der Waals surface area contributed by atoms with E-state index in [-0.39, 0.29) is 44.2 Å². The number of piperidine rings is 1. The van der Waals surface area contributed by atoms with Crippen LogP contribution >= 0.6 is 0 Å². The van der Waals surface area contributed by atoms with Crippen molar-refractivity contribution in [2.75, 3.05) is 80.0 Å². The lowest BCUT2D eigenvalue weighted by Crippen LogP contribution is -2.62. The molecule has 10 amide bonds. The van der Waals surface area contributed by atoms with Gasteiger partial charge in [-0.15, -0.1) is 0 Å². The number of likely N-dealkylation sites (N-methyl/N-ethyl adjacent to an activating group) is 6. The van der Waals surface area contributed by atoms with E-state index in [0.29, 0.717) is 24.8 Å². The molecule has 0 spiro atoms. The van der Waals surface area contributed by atoms with E-state index in [4.69, 9.17) is 4.74 Å². The summed E-state index contributed by atoms with van der Waals surface area (Å²) in [6.45, 7) is 18.0. The van der Waals surface area contributed by atoms with E-state index < -0.39 is 160 Å². The Labute approximate surface area is 498 Å². The minimum atomic E-state index is -4.62. The van der Waals surface area contributed by atoms with Crippen LogP contribution in [0.3, 0.4) is 0 Å². The molecule has 0 aliphatic carbocycles. The van der Waals surface area contributed by atoms with Gasteiger partial charge in [0.2, 0.25) is 59.1 Å². The molecule has 2 aliphatic heterocycles. The lowest BCUT2D eigenvalue weighted by atomic mass is 9.95. The summed E-state index contributed by atoms with van der Waals surface area (Å²) in [6.07, 6.45) is 0.861. The number of likely N-dealkylation sites (tertiary alicyclic amines) is 1. The molecule has 0 aromatic heterocycles. The maximum Gasteiger partial charge on any atom is 0.248 e. The van der Waals surface area contributed by atoms with Crippen molar-refractivity contribution >= 4 is 68.9 Å². The zero-order valence-corrected chi connectivity index (χ0v) is 53.6. The molecule has 0 radical (unpaired) electrons. The van der Waals surface area contributed by atoms with Gasteiger partial charge in [0.1, 0.15) is 54.1 Å². The maximum atomic E-state index is 15.0. The van der Waals surface area contributed by atoms with E-state index in [1.165, 1.54) is 61.0 Å². The Bertz CT molecular complexity index is 2570. The van der Waals surface area contributed by atoms with E-state index in [2.05, 4.69) is 16.0 Å². The lowest BCUT2D eigenvalue weighted by molar-refractivity contribution is -0.151. The fourth-order valence-electron chi connectivity index (χ4n) is 10.2. The first-order chi connectivity index (χ1) is 38.9. The van der Waals surface area contributed by atoms with Crippen LogP contribution in [-0.4, -0.2) is 247 Å². The summed E-state index contributed by atoms with van der Waals surface area (Å²) in [6, 6.07) is -2.78. The van der Waals surface area contributed by atoms with Crippen LogP contribution in [0.25, 0.3) is 0 Å². The summed E-state index contributed by atoms with van der Waals surface area (Å²) in [7, 11) is 3.30. The van der Waals surface area contributed by atoms with Gasteiger partial charge in [-0.2, -0.15) is 0 Å². The molecule has 0 bridgehead atoms. The van der Waals surface area contributed by atoms with Gasteiger partial charge in [-0.3, -0.25) is 47.9 Å². The lowest BCUT2D eigenvalue weighted by Gasteiger charge is -2.38. The SMILES string of the molecule is CCC(C)[C@H]1C(=O)N[C@H](C(=O)N2CCCCC2)CS(=O)(=O)CC(=O)N(C)[C@@H](C)C(=O)N(C)[C@@H](Cc2ccccc2)C(=O)N(C)[C@@H](CC(C)C)C(=O)N[C@@H](C(C)O)C(=O)N(C)CC(=O)N(C)[C@@H](CC(C)C)C(=O)N[C@@H](COC(C)(C)C)C(=O)N1C. The fourth-order valence-corrected chi connectivity index (χ4v) is 11.7. The highest BCUT2D eigenvalue weighted by atomic mass is 32.2. The van der Waals surface area contributed by atoms with Crippen LogP contribution in [0.4, 0.5) is 0 Å². The highest BCUT2D eigenvalue weighted by Crippen LogP contribution is 2.22. The Hall–Kier alpha value is -6.21. The van der Waals surface area contributed by atoms with E-state index >= 15 is 0 Å². The number of rotatable bonds is 12. The number of carbonyl (C=O) groups excluding carboxylic acids is 10. The van der Waals surface area contributed by atoms with Crippen molar-refractivity contribution in [3.8, 4) is 0 Å². The second kappa shape index (κ2) is 31.8. The number of ether oxygens (including phenoxy) is 1. The van der Waals surface area contributed by atoms with Crippen molar-refractivity contribution in [2.45, 2.75) is 181 Å². The summed E-state index contributed by atoms with van der Waals surface area (Å²) < 4.78 is 34.7. The smallest absolute Gasteiger partial charge is 0.248 e. The van der Waals surface area contributed by atoms with Gasteiger partial charge in [0.25, 0.3) is 0 Å². The molecule has 2 saturated heterocycles. The third-order valence-corrected chi connectivity index (χ3v) is 17.3. The Morgan fingerprint density at radius 3 is 1.73 bits per heavy atom. The molecule has 2 heterocycles. The van der Waals surface area contributed by atoms with Crippen molar-refractivity contribution in [2.24, 2.45) is 17.8 Å². The average Bonchev–Trinajstić information content (AvgIpc) is 3.50. The number of benzene rings is 1. The third-order valence-electron chi connectivity index (χ3n) is 15.7. The Balaban J connectivity index is 2.31. The van der Waals surface area contributed by atoms with Gasteiger partial charge in [-0.25, -0.2) is 8.42 Å². The quantitative estimate of drug-likeness (QED) is 0.228. The van der Waals surface area contributed by atoms with Crippen LogP contribution in [0, 0.1) is 17.8 Å². The third kappa shape index (κ3) is 20.5. The number of nitrogens with zero attached hydrogens (tertiary/aromatic N) is 7. The highest BCUT2D eigenvalue weighted by molar-refractivity contribution is 7.92. The van der Waals surface area contributed by atoms with Gasteiger partial charge < -0.3 is 60.1 Å². The number of amides is 10. The molecule has 474 valence electrons. The fraction of sp³-hybridized carbons (Fsp3) is 0.729. The minimum Gasteiger partial charge on any atom is -0.391 e. The molecule has 2 fully saturated rings. The number of aliphatic hydroxyl groups excluding tert-OH is 1. The second-order valence-corrected chi connectivity index (χ2v) is 26.9. The Morgan fingerprint density at radius 1 is 0.667 bits per heavy atom. The number of aliphatic hydroxyl groups is 1. The van der Waals surface area contributed by atoms with Gasteiger partial charge >= 0.3 is 0 Å². The first-order valence-corrected chi connectivity index (χ1v) is 31.1. The molecule has 10 atom stereocenters. The summed E-state index contributed by atoms with van der Waals surface area (Å²) in [5.41, 5.74) is -0.227. The molecule has 2 aliphatic rings.